The number of piperidine rings is 1. The van der Waals surface area contributed by atoms with Crippen molar-refractivity contribution < 1.29 is 13.2 Å². The summed E-state index contributed by atoms with van der Waals surface area (Å²) in [5.41, 5.74) is 1.02. The van der Waals surface area contributed by atoms with Gasteiger partial charge in [0, 0.05) is 13.1 Å². The summed E-state index contributed by atoms with van der Waals surface area (Å²) in [4.78, 5) is 17.4. The molecule has 156 valence electrons. The van der Waals surface area contributed by atoms with Gasteiger partial charge >= 0.3 is 0 Å². The third-order valence-corrected chi connectivity index (χ3v) is 7.63. The topological polar surface area (TPSA) is 60.9 Å². The molecule has 0 aromatic heterocycles. The Kier molecular flexibility index (Phi) is 6.78. The minimum Gasteiger partial charge on any atom is -0.325 e. The predicted octanol–water partition coefficient (Wildman–Crippen LogP) is 2.69. The molecule has 0 saturated carbocycles. The number of carbonyl (C=O) groups is 1. The van der Waals surface area contributed by atoms with Crippen molar-refractivity contribution in [3.05, 3.63) is 29.8 Å². The molecule has 6 nitrogen and oxygen atoms in total. The fourth-order valence-corrected chi connectivity index (χ4v) is 6.05. The van der Waals surface area contributed by atoms with Gasteiger partial charge in [0.05, 0.1) is 11.4 Å². The van der Waals surface area contributed by atoms with Gasteiger partial charge < -0.3 is 4.90 Å². The molecule has 2 aliphatic rings. The van der Waals surface area contributed by atoms with E-state index in [0.717, 1.165) is 31.5 Å². The SMILES string of the molecule is Cc1ccc(S(=O)(=O)N2CCCN(C(=O)CN3CCCCC3)C2C(C)C)cc1. The molecule has 1 unspecified atom stereocenters. The minimum atomic E-state index is -3.65. The standard InChI is InChI=1S/C21H33N3O3S/c1-17(2)21-23(20(25)16-22-12-5-4-6-13-22)14-7-15-24(21)28(26,27)19-10-8-18(3)9-11-19/h8-11,17,21H,4-7,12-16H2,1-3H3. The zero-order chi connectivity index (χ0) is 20.3. The second-order valence-electron chi connectivity index (χ2n) is 8.36. The first-order valence-electron chi connectivity index (χ1n) is 10.4. The number of hydrogen-bond acceptors (Lipinski definition) is 4. The number of benzene rings is 1. The van der Waals surface area contributed by atoms with Crippen molar-refractivity contribution in [2.45, 2.75) is 57.5 Å². The Hall–Kier alpha value is -1.44. The molecule has 2 saturated heterocycles. The van der Waals surface area contributed by atoms with Crippen LogP contribution in [0.1, 0.15) is 45.1 Å². The smallest absolute Gasteiger partial charge is 0.244 e. The summed E-state index contributed by atoms with van der Waals surface area (Å²) in [5.74, 6) is 0.0650. The summed E-state index contributed by atoms with van der Waals surface area (Å²) in [6, 6.07) is 6.97. The summed E-state index contributed by atoms with van der Waals surface area (Å²) in [5, 5.41) is 0. The van der Waals surface area contributed by atoms with Crippen molar-refractivity contribution >= 4 is 15.9 Å². The molecule has 1 aromatic rings. The van der Waals surface area contributed by atoms with Crippen LogP contribution in [0.15, 0.2) is 29.2 Å². The molecular formula is C21H33N3O3S. The number of likely N-dealkylation sites (tertiary alicyclic amines) is 1. The lowest BCUT2D eigenvalue weighted by Gasteiger charge is -2.45. The summed E-state index contributed by atoms with van der Waals surface area (Å²) in [6.07, 6.45) is 3.73. The predicted molar refractivity (Wildman–Crippen MR) is 110 cm³/mol. The van der Waals surface area contributed by atoms with Gasteiger partial charge in [0.15, 0.2) is 0 Å². The number of amides is 1. The molecule has 0 bridgehead atoms. The van der Waals surface area contributed by atoms with Crippen LogP contribution in [0.25, 0.3) is 0 Å². The molecular weight excluding hydrogens is 374 g/mol. The minimum absolute atomic E-state index is 0.0193. The zero-order valence-corrected chi connectivity index (χ0v) is 18.1. The van der Waals surface area contributed by atoms with Crippen LogP contribution in [0.4, 0.5) is 0 Å². The van der Waals surface area contributed by atoms with Crippen LogP contribution < -0.4 is 0 Å². The van der Waals surface area contributed by atoms with Crippen LogP contribution in [0, 0.1) is 12.8 Å². The van der Waals surface area contributed by atoms with Gasteiger partial charge in [-0.05, 0) is 57.3 Å². The first-order valence-corrected chi connectivity index (χ1v) is 11.8. The molecule has 1 amide bonds. The van der Waals surface area contributed by atoms with Crippen molar-refractivity contribution in [3.8, 4) is 0 Å². The van der Waals surface area contributed by atoms with Crippen LogP contribution >= 0.6 is 0 Å². The highest BCUT2D eigenvalue weighted by Gasteiger charge is 2.41. The third-order valence-electron chi connectivity index (χ3n) is 5.74. The first-order chi connectivity index (χ1) is 13.3. The van der Waals surface area contributed by atoms with E-state index in [9.17, 15) is 13.2 Å². The number of nitrogens with zero attached hydrogens (tertiary/aromatic N) is 3. The molecule has 28 heavy (non-hydrogen) atoms. The highest BCUT2D eigenvalue weighted by molar-refractivity contribution is 7.89. The van der Waals surface area contributed by atoms with Gasteiger partial charge in [-0.15, -0.1) is 0 Å². The normalized spacial score (nSPS) is 22.6. The van der Waals surface area contributed by atoms with Crippen molar-refractivity contribution in [2.24, 2.45) is 5.92 Å². The second kappa shape index (κ2) is 8.93. The Balaban J connectivity index is 1.83. The van der Waals surface area contributed by atoms with Crippen LogP contribution in [-0.4, -0.2) is 67.3 Å². The largest absolute Gasteiger partial charge is 0.325 e. The van der Waals surface area contributed by atoms with Gasteiger partial charge in [-0.2, -0.15) is 4.31 Å². The summed E-state index contributed by atoms with van der Waals surface area (Å²) >= 11 is 0. The molecule has 7 heteroatoms. The second-order valence-corrected chi connectivity index (χ2v) is 10.3. The molecule has 0 aliphatic carbocycles. The van der Waals surface area contributed by atoms with Crippen molar-refractivity contribution in [3.63, 3.8) is 0 Å². The summed E-state index contributed by atoms with van der Waals surface area (Å²) in [7, 11) is -3.65. The van der Waals surface area contributed by atoms with E-state index in [1.807, 2.05) is 32.9 Å². The molecule has 0 radical (unpaired) electrons. The van der Waals surface area contributed by atoms with Gasteiger partial charge in [-0.1, -0.05) is 38.0 Å². The van der Waals surface area contributed by atoms with E-state index >= 15 is 0 Å². The third kappa shape index (κ3) is 4.58. The first kappa shape index (κ1) is 21.3. The molecule has 0 N–H and O–H groups in total. The molecule has 2 aliphatic heterocycles. The van der Waals surface area contributed by atoms with Crippen LogP contribution in [0.2, 0.25) is 0 Å². The fraction of sp³-hybridized carbons (Fsp3) is 0.667. The Morgan fingerprint density at radius 3 is 2.25 bits per heavy atom. The van der Waals surface area contributed by atoms with Gasteiger partial charge in [-0.3, -0.25) is 9.69 Å². The van der Waals surface area contributed by atoms with E-state index < -0.39 is 16.2 Å². The maximum absolute atomic E-state index is 13.3. The monoisotopic (exact) mass is 407 g/mol. The van der Waals surface area contributed by atoms with E-state index in [2.05, 4.69) is 4.90 Å². The van der Waals surface area contributed by atoms with E-state index in [4.69, 9.17) is 0 Å². The van der Waals surface area contributed by atoms with E-state index in [0.29, 0.717) is 31.0 Å². The zero-order valence-electron chi connectivity index (χ0n) is 17.3. The number of sulfonamides is 1. The average molecular weight is 408 g/mol. The van der Waals surface area contributed by atoms with Gasteiger partial charge in [-0.25, -0.2) is 8.42 Å². The lowest BCUT2D eigenvalue weighted by molar-refractivity contribution is -0.141. The van der Waals surface area contributed by atoms with E-state index in [1.54, 1.807) is 21.3 Å². The Morgan fingerprint density at radius 2 is 1.64 bits per heavy atom. The Morgan fingerprint density at radius 1 is 1.00 bits per heavy atom. The number of hydrogen-bond donors (Lipinski definition) is 0. The quantitative estimate of drug-likeness (QED) is 0.753. The molecule has 0 spiro atoms. The van der Waals surface area contributed by atoms with Crippen LogP contribution in [-0.2, 0) is 14.8 Å². The van der Waals surface area contributed by atoms with E-state index in [1.165, 1.54) is 6.42 Å². The number of aryl methyl sites for hydroxylation is 1. The molecule has 1 aromatic carbocycles. The van der Waals surface area contributed by atoms with Gasteiger partial charge in [0.1, 0.15) is 6.17 Å². The highest BCUT2D eigenvalue weighted by Crippen LogP contribution is 2.28. The van der Waals surface area contributed by atoms with Crippen molar-refractivity contribution in [1.82, 2.24) is 14.1 Å². The summed E-state index contributed by atoms with van der Waals surface area (Å²) < 4.78 is 28.2. The van der Waals surface area contributed by atoms with Crippen molar-refractivity contribution in [1.29, 1.82) is 0 Å². The Labute approximate surface area is 169 Å². The Bertz CT molecular complexity index is 771. The fourth-order valence-electron chi connectivity index (χ4n) is 4.29. The maximum atomic E-state index is 13.3. The van der Waals surface area contributed by atoms with Gasteiger partial charge in [0.2, 0.25) is 15.9 Å². The molecule has 3 rings (SSSR count). The number of carbonyl (C=O) groups excluding carboxylic acids is 1. The average Bonchev–Trinajstić information content (AvgIpc) is 2.68. The lowest BCUT2D eigenvalue weighted by atomic mass is 10.1. The van der Waals surface area contributed by atoms with E-state index in [-0.39, 0.29) is 11.8 Å². The van der Waals surface area contributed by atoms with Crippen LogP contribution in [0.3, 0.4) is 0 Å². The summed E-state index contributed by atoms with van der Waals surface area (Å²) in [6.45, 7) is 9.30. The maximum Gasteiger partial charge on any atom is 0.244 e. The number of rotatable bonds is 5. The highest BCUT2D eigenvalue weighted by atomic mass is 32.2. The molecule has 2 heterocycles. The molecule has 1 atom stereocenters. The molecule has 2 fully saturated rings. The lowest BCUT2D eigenvalue weighted by Crippen LogP contribution is -2.61. The van der Waals surface area contributed by atoms with Gasteiger partial charge in [0.25, 0.3) is 0 Å². The van der Waals surface area contributed by atoms with Crippen LogP contribution in [0.5, 0.6) is 0 Å². The van der Waals surface area contributed by atoms with Crippen molar-refractivity contribution in [2.75, 3.05) is 32.7 Å².